The number of hydrogen-bond donors (Lipinski definition) is 0. The standard InChI is InChI=1S/C26H30F2N2O2/c1-32-20-10-8-17(9-11-20)21-16-30(26(31)18-4-2-5-18)24-12-13-29(15-22(21)24)14-19-6-3-7-23(27)25(19)28/h3,6-11,18,21-22,24H,2,4-5,12-16H2,1H3/t21-,22-,24-/m1/s1. The second-order valence-electron chi connectivity index (χ2n) is 9.47. The number of rotatable bonds is 5. The molecule has 0 aromatic heterocycles. The first-order valence-corrected chi connectivity index (χ1v) is 11.6. The molecule has 0 bridgehead atoms. The monoisotopic (exact) mass is 440 g/mol. The molecule has 0 radical (unpaired) electrons. The average Bonchev–Trinajstić information content (AvgIpc) is 3.15. The van der Waals surface area contributed by atoms with E-state index >= 15 is 0 Å². The lowest BCUT2D eigenvalue weighted by molar-refractivity contribution is -0.140. The summed E-state index contributed by atoms with van der Waals surface area (Å²) in [5.41, 5.74) is 1.60. The number of benzene rings is 2. The summed E-state index contributed by atoms with van der Waals surface area (Å²) in [5.74, 6) is 0.267. The number of piperidine rings is 1. The molecular weight excluding hydrogens is 410 g/mol. The zero-order valence-electron chi connectivity index (χ0n) is 18.5. The van der Waals surface area contributed by atoms with Crippen molar-refractivity contribution in [3.63, 3.8) is 0 Å². The number of carbonyl (C=O) groups excluding carboxylic acids is 1. The fourth-order valence-electron chi connectivity index (χ4n) is 5.71. The first kappa shape index (κ1) is 21.4. The molecular formula is C26H30F2N2O2. The Morgan fingerprint density at radius 2 is 1.84 bits per heavy atom. The molecule has 6 heteroatoms. The van der Waals surface area contributed by atoms with Crippen LogP contribution in [0.25, 0.3) is 0 Å². The van der Waals surface area contributed by atoms with Crippen molar-refractivity contribution in [3.8, 4) is 5.75 Å². The molecule has 1 amide bonds. The highest BCUT2D eigenvalue weighted by Crippen LogP contribution is 2.44. The molecule has 2 aromatic rings. The SMILES string of the molecule is COc1ccc([C@H]2CN(C(=O)C3CCC3)[C@@H]3CCN(Cc4cccc(F)c4F)C[C@H]23)cc1. The van der Waals surface area contributed by atoms with Gasteiger partial charge in [-0.3, -0.25) is 9.69 Å². The van der Waals surface area contributed by atoms with E-state index in [2.05, 4.69) is 21.9 Å². The average molecular weight is 441 g/mol. The normalized spacial score (nSPS) is 26.0. The summed E-state index contributed by atoms with van der Waals surface area (Å²) in [5, 5.41) is 0. The zero-order valence-corrected chi connectivity index (χ0v) is 18.5. The summed E-state index contributed by atoms with van der Waals surface area (Å²) >= 11 is 0. The van der Waals surface area contributed by atoms with Crippen LogP contribution in [-0.4, -0.2) is 48.5 Å². The van der Waals surface area contributed by atoms with Gasteiger partial charge >= 0.3 is 0 Å². The van der Waals surface area contributed by atoms with Crippen LogP contribution < -0.4 is 4.74 Å². The van der Waals surface area contributed by atoms with Crippen molar-refractivity contribution in [1.29, 1.82) is 0 Å². The van der Waals surface area contributed by atoms with Gasteiger partial charge in [-0.25, -0.2) is 8.78 Å². The molecule has 3 fully saturated rings. The smallest absolute Gasteiger partial charge is 0.225 e. The van der Waals surface area contributed by atoms with E-state index in [9.17, 15) is 13.6 Å². The van der Waals surface area contributed by atoms with Crippen molar-refractivity contribution in [2.45, 2.75) is 44.2 Å². The predicted molar refractivity (Wildman–Crippen MR) is 118 cm³/mol. The quantitative estimate of drug-likeness (QED) is 0.682. The van der Waals surface area contributed by atoms with Crippen LogP contribution >= 0.6 is 0 Å². The number of methoxy groups -OCH3 is 1. The first-order valence-electron chi connectivity index (χ1n) is 11.6. The van der Waals surface area contributed by atoms with E-state index in [0.29, 0.717) is 18.0 Å². The van der Waals surface area contributed by atoms with Crippen LogP contribution in [0, 0.1) is 23.5 Å². The Labute approximate surface area is 188 Å². The minimum Gasteiger partial charge on any atom is -0.497 e. The van der Waals surface area contributed by atoms with Gasteiger partial charge in [0.15, 0.2) is 11.6 Å². The van der Waals surface area contributed by atoms with Crippen molar-refractivity contribution in [2.75, 3.05) is 26.7 Å². The van der Waals surface area contributed by atoms with Gasteiger partial charge in [0.25, 0.3) is 0 Å². The van der Waals surface area contributed by atoms with E-state index in [4.69, 9.17) is 4.74 Å². The van der Waals surface area contributed by atoms with E-state index < -0.39 is 11.6 Å². The Morgan fingerprint density at radius 1 is 1.06 bits per heavy atom. The highest BCUT2D eigenvalue weighted by Gasteiger charge is 2.48. The number of hydrogen-bond acceptors (Lipinski definition) is 3. The van der Waals surface area contributed by atoms with Crippen molar-refractivity contribution >= 4 is 5.91 Å². The fourth-order valence-corrected chi connectivity index (χ4v) is 5.71. The molecule has 32 heavy (non-hydrogen) atoms. The number of nitrogens with zero attached hydrogens (tertiary/aromatic N) is 2. The molecule has 1 aliphatic carbocycles. The largest absolute Gasteiger partial charge is 0.497 e. The number of halogens is 2. The Hall–Kier alpha value is -2.47. The van der Waals surface area contributed by atoms with Crippen LogP contribution in [-0.2, 0) is 11.3 Å². The van der Waals surface area contributed by atoms with Gasteiger partial charge in [0.05, 0.1) is 7.11 Å². The van der Waals surface area contributed by atoms with Crippen molar-refractivity contribution in [2.24, 2.45) is 11.8 Å². The summed E-state index contributed by atoms with van der Waals surface area (Å²) in [6, 6.07) is 12.7. The molecule has 0 N–H and O–H groups in total. The number of amides is 1. The Bertz CT molecular complexity index is 976. The van der Waals surface area contributed by atoms with E-state index in [1.54, 1.807) is 19.2 Å². The lowest BCUT2D eigenvalue weighted by Gasteiger charge is -2.40. The van der Waals surface area contributed by atoms with Crippen LogP contribution in [0.15, 0.2) is 42.5 Å². The van der Waals surface area contributed by atoms with Crippen LogP contribution in [0.5, 0.6) is 5.75 Å². The van der Waals surface area contributed by atoms with Crippen LogP contribution in [0.4, 0.5) is 8.78 Å². The molecule has 2 aromatic carbocycles. The third-order valence-electron chi connectivity index (χ3n) is 7.72. The second kappa shape index (κ2) is 8.81. The van der Waals surface area contributed by atoms with Crippen LogP contribution in [0.2, 0.25) is 0 Å². The van der Waals surface area contributed by atoms with Gasteiger partial charge in [-0.2, -0.15) is 0 Å². The molecule has 0 unspecified atom stereocenters. The van der Waals surface area contributed by atoms with Gasteiger partial charge in [0.1, 0.15) is 5.75 Å². The maximum Gasteiger partial charge on any atom is 0.225 e. The summed E-state index contributed by atoms with van der Waals surface area (Å²) in [6.07, 6.45) is 4.02. The molecule has 2 heterocycles. The van der Waals surface area contributed by atoms with Crippen LogP contribution in [0.3, 0.4) is 0 Å². The van der Waals surface area contributed by atoms with E-state index in [1.165, 1.54) is 5.56 Å². The molecule has 5 rings (SSSR count). The molecule has 0 spiro atoms. The van der Waals surface area contributed by atoms with Gasteiger partial charge in [0.2, 0.25) is 5.91 Å². The topological polar surface area (TPSA) is 32.8 Å². The van der Waals surface area contributed by atoms with E-state index in [1.807, 2.05) is 12.1 Å². The minimum atomic E-state index is -0.799. The van der Waals surface area contributed by atoms with Gasteiger partial charge in [-0.15, -0.1) is 0 Å². The number of likely N-dealkylation sites (tertiary alicyclic amines) is 2. The fraction of sp³-hybridized carbons (Fsp3) is 0.500. The minimum absolute atomic E-state index is 0.185. The molecule has 170 valence electrons. The van der Waals surface area contributed by atoms with Crippen molar-refractivity contribution in [3.05, 3.63) is 65.2 Å². The van der Waals surface area contributed by atoms with E-state index in [-0.39, 0.29) is 23.8 Å². The number of carbonyl (C=O) groups is 1. The third-order valence-corrected chi connectivity index (χ3v) is 7.72. The highest BCUT2D eigenvalue weighted by atomic mass is 19.2. The Balaban J connectivity index is 1.38. The number of fused-ring (bicyclic) bond motifs is 1. The molecule has 4 nitrogen and oxygen atoms in total. The van der Waals surface area contributed by atoms with Gasteiger partial charge in [0, 0.05) is 55.5 Å². The number of ether oxygens (including phenoxy) is 1. The third kappa shape index (κ3) is 3.90. The zero-order chi connectivity index (χ0) is 22.2. The van der Waals surface area contributed by atoms with Crippen LogP contribution in [0.1, 0.15) is 42.7 Å². The lowest BCUT2D eigenvalue weighted by atomic mass is 9.81. The highest BCUT2D eigenvalue weighted by molar-refractivity contribution is 5.80. The molecule has 2 saturated heterocycles. The second-order valence-corrected chi connectivity index (χ2v) is 9.47. The molecule has 1 saturated carbocycles. The molecule has 3 atom stereocenters. The molecule has 2 aliphatic heterocycles. The van der Waals surface area contributed by atoms with Gasteiger partial charge in [-0.05, 0) is 43.0 Å². The lowest BCUT2D eigenvalue weighted by Crippen LogP contribution is -2.49. The Morgan fingerprint density at radius 3 is 2.53 bits per heavy atom. The predicted octanol–water partition coefficient (Wildman–Crippen LogP) is 4.59. The molecule has 3 aliphatic rings. The Kier molecular flexibility index (Phi) is 5.89. The summed E-state index contributed by atoms with van der Waals surface area (Å²) in [7, 11) is 1.66. The first-order chi connectivity index (χ1) is 15.5. The van der Waals surface area contributed by atoms with Crippen molar-refractivity contribution < 1.29 is 18.3 Å². The summed E-state index contributed by atoms with van der Waals surface area (Å²) in [4.78, 5) is 17.6. The maximum atomic E-state index is 14.3. The van der Waals surface area contributed by atoms with Crippen molar-refractivity contribution in [1.82, 2.24) is 9.80 Å². The summed E-state index contributed by atoms with van der Waals surface area (Å²) < 4.78 is 33.3. The van der Waals surface area contributed by atoms with Gasteiger partial charge < -0.3 is 9.64 Å². The summed E-state index contributed by atoms with van der Waals surface area (Å²) in [6.45, 7) is 2.67. The van der Waals surface area contributed by atoms with Gasteiger partial charge in [-0.1, -0.05) is 30.7 Å². The maximum absolute atomic E-state index is 14.3. The van der Waals surface area contributed by atoms with E-state index in [0.717, 1.165) is 57.1 Å².